The van der Waals surface area contributed by atoms with Crippen LogP contribution in [0.1, 0.15) is 24.5 Å². The molecule has 2 amide bonds. The number of halogens is 1. The molecule has 6 heteroatoms. The van der Waals surface area contributed by atoms with E-state index in [1.807, 2.05) is 50.2 Å². The minimum atomic E-state index is -0.493. The van der Waals surface area contributed by atoms with Crippen LogP contribution in [0.5, 0.6) is 0 Å². The van der Waals surface area contributed by atoms with Gasteiger partial charge in [0.1, 0.15) is 6.04 Å². The molecule has 27 heavy (non-hydrogen) atoms. The predicted molar refractivity (Wildman–Crippen MR) is 112 cm³/mol. The van der Waals surface area contributed by atoms with Gasteiger partial charge in [0.05, 0.1) is 5.75 Å². The maximum atomic E-state index is 13.0. The summed E-state index contributed by atoms with van der Waals surface area (Å²) >= 11 is 7.36. The lowest BCUT2D eigenvalue weighted by atomic mass is 10.1. The van der Waals surface area contributed by atoms with Crippen molar-refractivity contribution in [2.45, 2.75) is 37.8 Å². The average Bonchev–Trinajstić information content (AvgIpc) is 2.68. The van der Waals surface area contributed by atoms with Gasteiger partial charge in [0.15, 0.2) is 0 Å². The Bertz CT molecular complexity index is 780. The Hall–Kier alpha value is -1.98. The van der Waals surface area contributed by atoms with Crippen LogP contribution < -0.4 is 5.32 Å². The minimum Gasteiger partial charge on any atom is -0.357 e. The molecule has 0 heterocycles. The smallest absolute Gasteiger partial charge is 0.242 e. The summed E-state index contributed by atoms with van der Waals surface area (Å²) in [6.45, 7) is 4.35. The van der Waals surface area contributed by atoms with E-state index in [-0.39, 0.29) is 17.6 Å². The van der Waals surface area contributed by atoms with Crippen molar-refractivity contribution < 1.29 is 9.59 Å². The molecule has 1 atom stereocenters. The van der Waals surface area contributed by atoms with Crippen LogP contribution in [0.15, 0.2) is 53.4 Å². The van der Waals surface area contributed by atoms with Gasteiger partial charge in [0, 0.05) is 23.5 Å². The molecule has 0 bridgehead atoms. The first kappa shape index (κ1) is 21.3. The SMILES string of the molecule is CC[C@H](C(=O)NC)N(Cc1ccccc1C)C(=O)CSc1ccc(Cl)cc1. The molecule has 0 fully saturated rings. The lowest BCUT2D eigenvalue weighted by Gasteiger charge is -2.30. The summed E-state index contributed by atoms with van der Waals surface area (Å²) in [5.74, 6) is 0.0608. The molecule has 0 aliphatic carbocycles. The first-order valence-corrected chi connectivity index (χ1v) is 10.3. The molecule has 0 aromatic heterocycles. The number of hydrogen-bond donors (Lipinski definition) is 1. The standard InChI is InChI=1S/C21H25ClN2O2S/c1-4-19(21(26)23-3)24(13-16-8-6-5-7-15(16)2)20(25)14-27-18-11-9-17(22)10-12-18/h5-12,19H,4,13-14H2,1-3H3,(H,23,26)/t19-/m1/s1. The fraction of sp³-hybridized carbons (Fsp3) is 0.333. The van der Waals surface area contributed by atoms with E-state index in [9.17, 15) is 9.59 Å². The van der Waals surface area contributed by atoms with Crippen molar-refractivity contribution in [1.29, 1.82) is 0 Å². The number of nitrogens with zero attached hydrogens (tertiary/aromatic N) is 1. The molecular formula is C21H25ClN2O2S. The van der Waals surface area contributed by atoms with Crippen molar-refractivity contribution >= 4 is 35.2 Å². The summed E-state index contributed by atoms with van der Waals surface area (Å²) in [6, 6.07) is 14.8. The molecule has 4 nitrogen and oxygen atoms in total. The molecule has 0 saturated carbocycles. The molecule has 0 spiro atoms. The third kappa shape index (κ3) is 6.01. The lowest BCUT2D eigenvalue weighted by Crippen LogP contribution is -2.48. The highest BCUT2D eigenvalue weighted by Gasteiger charge is 2.28. The molecule has 2 rings (SSSR count). The van der Waals surface area contributed by atoms with Gasteiger partial charge in [-0.15, -0.1) is 11.8 Å². The summed E-state index contributed by atoms with van der Waals surface area (Å²) in [5.41, 5.74) is 2.15. The molecule has 0 unspecified atom stereocenters. The van der Waals surface area contributed by atoms with Crippen LogP contribution >= 0.6 is 23.4 Å². The van der Waals surface area contributed by atoms with Crippen LogP contribution in [0, 0.1) is 6.92 Å². The van der Waals surface area contributed by atoms with Gasteiger partial charge in [0.25, 0.3) is 0 Å². The molecule has 0 saturated heterocycles. The normalized spacial score (nSPS) is 11.7. The summed E-state index contributed by atoms with van der Waals surface area (Å²) < 4.78 is 0. The molecule has 144 valence electrons. The zero-order valence-electron chi connectivity index (χ0n) is 15.9. The largest absolute Gasteiger partial charge is 0.357 e. The second-order valence-electron chi connectivity index (χ2n) is 6.23. The molecule has 2 aromatic rings. The molecule has 0 aliphatic rings. The Balaban J connectivity index is 2.19. The Labute approximate surface area is 170 Å². The third-order valence-corrected chi connectivity index (χ3v) is 5.66. The van der Waals surface area contributed by atoms with Gasteiger partial charge >= 0.3 is 0 Å². The Kier molecular flexibility index (Phi) is 8.20. The number of amides is 2. The first-order chi connectivity index (χ1) is 13.0. The van der Waals surface area contributed by atoms with E-state index >= 15 is 0 Å². The van der Waals surface area contributed by atoms with Gasteiger partial charge in [-0.25, -0.2) is 0 Å². The highest BCUT2D eigenvalue weighted by atomic mass is 35.5. The van der Waals surface area contributed by atoms with E-state index in [4.69, 9.17) is 11.6 Å². The summed E-state index contributed by atoms with van der Waals surface area (Å²) in [6.07, 6.45) is 0.558. The summed E-state index contributed by atoms with van der Waals surface area (Å²) in [5, 5.41) is 3.34. The van der Waals surface area contributed by atoms with E-state index in [1.165, 1.54) is 11.8 Å². The number of benzene rings is 2. The molecule has 1 N–H and O–H groups in total. The molecule has 0 aliphatic heterocycles. The highest BCUT2D eigenvalue weighted by molar-refractivity contribution is 8.00. The number of nitrogens with one attached hydrogen (secondary N) is 1. The van der Waals surface area contributed by atoms with Gasteiger partial charge in [0.2, 0.25) is 11.8 Å². The maximum Gasteiger partial charge on any atom is 0.242 e. The van der Waals surface area contributed by atoms with E-state index < -0.39 is 6.04 Å². The number of carbonyl (C=O) groups is 2. The fourth-order valence-corrected chi connectivity index (χ4v) is 3.73. The minimum absolute atomic E-state index is 0.0614. The van der Waals surface area contributed by atoms with Gasteiger partial charge in [-0.1, -0.05) is 42.8 Å². The van der Waals surface area contributed by atoms with Crippen molar-refractivity contribution in [2.75, 3.05) is 12.8 Å². The Morgan fingerprint density at radius 1 is 1.15 bits per heavy atom. The van der Waals surface area contributed by atoms with Crippen molar-refractivity contribution in [3.05, 3.63) is 64.7 Å². The first-order valence-electron chi connectivity index (χ1n) is 8.90. The van der Waals surface area contributed by atoms with Crippen LogP contribution in [0.2, 0.25) is 5.02 Å². The van der Waals surface area contributed by atoms with Gasteiger partial charge in [-0.05, 0) is 48.7 Å². The van der Waals surface area contributed by atoms with Crippen molar-refractivity contribution in [2.24, 2.45) is 0 Å². The number of rotatable bonds is 8. The number of carbonyl (C=O) groups excluding carboxylic acids is 2. The monoisotopic (exact) mass is 404 g/mol. The van der Waals surface area contributed by atoms with E-state index in [2.05, 4.69) is 5.32 Å². The van der Waals surface area contributed by atoms with Crippen LogP contribution in [0.4, 0.5) is 0 Å². The number of thioether (sulfide) groups is 1. The van der Waals surface area contributed by atoms with Crippen LogP contribution in [-0.4, -0.2) is 35.6 Å². The molecular weight excluding hydrogens is 380 g/mol. The summed E-state index contributed by atoms with van der Waals surface area (Å²) in [4.78, 5) is 28.0. The summed E-state index contributed by atoms with van der Waals surface area (Å²) in [7, 11) is 1.60. The van der Waals surface area contributed by atoms with E-state index in [1.54, 1.807) is 24.1 Å². The average molecular weight is 405 g/mol. The fourth-order valence-electron chi connectivity index (χ4n) is 2.82. The third-order valence-electron chi connectivity index (χ3n) is 4.41. The topological polar surface area (TPSA) is 49.4 Å². The molecule has 0 radical (unpaired) electrons. The van der Waals surface area contributed by atoms with Crippen LogP contribution in [-0.2, 0) is 16.1 Å². The van der Waals surface area contributed by atoms with Crippen molar-refractivity contribution in [3.8, 4) is 0 Å². The maximum absolute atomic E-state index is 13.0. The van der Waals surface area contributed by atoms with Gasteiger partial charge < -0.3 is 10.2 Å². The molecule has 2 aromatic carbocycles. The van der Waals surface area contributed by atoms with Crippen molar-refractivity contribution in [1.82, 2.24) is 10.2 Å². The lowest BCUT2D eigenvalue weighted by molar-refractivity contribution is -0.139. The quantitative estimate of drug-likeness (QED) is 0.667. The van der Waals surface area contributed by atoms with E-state index in [0.29, 0.717) is 18.0 Å². The van der Waals surface area contributed by atoms with Crippen LogP contribution in [0.25, 0.3) is 0 Å². The number of aryl methyl sites for hydroxylation is 1. The second-order valence-corrected chi connectivity index (χ2v) is 7.71. The van der Waals surface area contributed by atoms with Crippen LogP contribution in [0.3, 0.4) is 0 Å². The Morgan fingerprint density at radius 2 is 1.81 bits per heavy atom. The zero-order chi connectivity index (χ0) is 19.8. The van der Waals surface area contributed by atoms with E-state index in [0.717, 1.165) is 16.0 Å². The second kappa shape index (κ2) is 10.4. The van der Waals surface area contributed by atoms with Crippen molar-refractivity contribution in [3.63, 3.8) is 0 Å². The van der Waals surface area contributed by atoms with Gasteiger partial charge in [-0.3, -0.25) is 9.59 Å². The predicted octanol–water partition coefficient (Wildman–Crippen LogP) is 4.29. The zero-order valence-corrected chi connectivity index (χ0v) is 17.4. The number of hydrogen-bond acceptors (Lipinski definition) is 3. The van der Waals surface area contributed by atoms with Gasteiger partial charge in [-0.2, -0.15) is 0 Å². The number of likely N-dealkylation sites (N-methyl/N-ethyl adjacent to an activating group) is 1. The highest BCUT2D eigenvalue weighted by Crippen LogP contribution is 2.22. The Morgan fingerprint density at radius 3 is 2.41 bits per heavy atom.